The average molecular weight is 392 g/mol. The number of aromatic nitrogens is 2. The number of anilines is 1. The maximum absolute atomic E-state index is 12.9. The van der Waals surface area contributed by atoms with Gasteiger partial charge in [0.05, 0.1) is 11.3 Å². The van der Waals surface area contributed by atoms with Crippen LogP contribution < -0.4 is 10.6 Å². The van der Waals surface area contributed by atoms with Gasteiger partial charge in [0.15, 0.2) is 5.82 Å². The lowest BCUT2D eigenvalue weighted by Crippen LogP contribution is -2.25. The van der Waals surface area contributed by atoms with Crippen LogP contribution in [0.3, 0.4) is 0 Å². The molecule has 148 valence electrons. The Morgan fingerprint density at radius 1 is 1.25 bits per heavy atom. The molecule has 1 aromatic heterocycles. The van der Waals surface area contributed by atoms with Crippen LogP contribution in [0, 0.1) is 0 Å². The molecule has 0 spiro atoms. The van der Waals surface area contributed by atoms with E-state index in [0.29, 0.717) is 18.7 Å². The standard InChI is InChI=1S/C19H19F3N4O2/c1-2-9-23-17(27)15-14-8-3-4-10-26(14)16(25-15)18(28)24-13-7-5-6-12(11-13)19(20,21)22/h2,5-7,11H,1,3-4,8-10H2,(H,23,27)(H,24,28). The van der Waals surface area contributed by atoms with Gasteiger partial charge in [0.25, 0.3) is 11.8 Å². The second-order valence-corrected chi connectivity index (χ2v) is 6.37. The van der Waals surface area contributed by atoms with Crippen LogP contribution in [0.25, 0.3) is 0 Å². The highest BCUT2D eigenvalue weighted by atomic mass is 19.4. The van der Waals surface area contributed by atoms with Gasteiger partial charge in [-0.2, -0.15) is 13.2 Å². The van der Waals surface area contributed by atoms with E-state index in [1.54, 1.807) is 4.57 Å². The molecule has 1 aliphatic heterocycles. The van der Waals surface area contributed by atoms with Gasteiger partial charge in [-0.25, -0.2) is 4.98 Å². The minimum Gasteiger partial charge on any atom is -0.347 e. The first kappa shape index (κ1) is 19.7. The Hall–Kier alpha value is -3.10. The van der Waals surface area contributed by atoms with E-state index in [1.165, 1.54) is 18.2 Å². The van der Waals surface area contributed by atoms with Crippen molar-refractivity contribution >= 4 is 17.5 Å². The molecule has 2 amide bonds. The fraction of sp³-hybridized carbons (Fsp3) is 0.316. The number of carbonyl (C=O) groups excluding carboxylic acids is 2. The van der Waals surface area contributed by atoms with E-state index in [2.05, 4.69) is 22.2 Å². The lowest BCUT2D eigenvalue weighted by atomic mass is 10.1. The minimum atomic E-state index is -4.51. The molecular formula is C19H19F3N4O2. The summed E-state index contributed by atoms with van der Waals surface area (Å²) in [5.41, 5.74) is -0.0386. The van der Waals surface area contributed by atoms with E-state index in [-0.39, 0.29) is 23.8 Å². The highest BCUT2D eigenvalue weighted by Crippen LogP contribution is 2.31. The van der Waals surface area contributed by atoms with E-state index in [1.807, 2.05) is 0 Å². The number of carbonyl (C=O) groups is 2. The molecule has 9 heteroatoms. The van der Waals surface area contributed by atoms with Gasteiger partial charge in [-0.15, -0.1) is 6.58 Å². The lowest BCUT2D eigenvalue weighted by Gasteiger charge is -2.17. The topological polar surface area (TPSA) is 76.0 Å². The zero-order valence-electron chi connectivity index (χ0n) is 15.0. The number of hydrogen-bond donors (Lipinski definition) is 2. The Morgan fingerprint density at radius 2 is 2.04 bits per heavy atom. The number of nitrogens with zero attached hydrogens (tertiary/aromatic N) is 2. The van der Waals surface area contributed by atoms with Crippen LogP contribution in [0.4, 0.5) is 18.9 Å². The monoisotopic (exact) mass is 392 g/mol. The second kappa shape index (κ2) is 7.87. The van der Waals surface area contributed by atoms with Crippen molar-refractivity contribution in [2.24, 2.45) is 0 Å². The van der Waals surface area contributed by atoms with Crippen LogP contribution in [0.5, 0.6) is 0 Å². The Bertz CT molecular complexity index is 918. The Labute approximate surface area is 159 Å². The number of fused-ring (bicyclic) bond motifs is 1. The molecule has 3 rings (SSSR count). The summed E-state index contributed by atoms with van der Waals surface area (Å²) in [5, 5.41) is 5.08. The van der Waals surface area contributed by atoms with Crippen LogP contribution in [-0.4, -0.2) is 27.9 Å². The summed E-state index contributed by atoms with van der Waals surface area (Å²) < 4.78 is 40.3. The summed E-state index contributed by atoms with van der Waals surface area (Å²) in [5.74, 6) is -1.07. The zero-order chi connectivity index (χ0) is 20.3. The lowest BCUT2D eigenvalue weighted by molar-refractivity contribution is -0.137. The molecule has 0 saturated heterocycles. The van der Waals surface area contributed by atoms with Gasteiger partial charge < -0.3 is 15.2 Å². The number of rotatable bonds is 5. The van der Waals surface area contributed by atoms with Gasteiger partial charge in [-0.05, 0) is 37.5 Å². The van der Waals surface area contributed by atoms with Gasteiger partial charge in [0.2, 0.25) is 0 Å². The van der Waals surface area contributed by atoms with Gasteiger partial charge in [-0.3, -0.25) is 9.59 Å². The predicted octanol–water partition coefficient (Wildman–Crippen LogP) is 3.41. The van der Waals surface area contributed by atoms with Gasteiger partial charge in [0, 0.05) is 18.8 Å². The van der Waals surface area contributed by atoms with E-state index in [0.717, 1.165) is 25.0 Å². The van der Waals surface area contributed by atoms with Crippen LogP contribution in [0.1, 0.15) is 45.2 Å². The zero-order valence-corrected chi connectivity index (χ0v) is 15.0. The molecule has 0 radical (unpaired) electrons. The molecule has 0 fully saturated rings. The smallest absolute Gasteiger partial charge is 0.347 e. The molecule has 1 aliphatic rings. The normalized spacial score (nSPS) is 13.5. The third kappa shape index (κ3) is 4.08. The number of hydrogen-bond acceptors (Lipinski definition) is 3. The van der Waals surface area contributed by atoms with Gasteiger partial charge in [-0.1, -0.05) is 12.1 Å². The van der Waals surface area contributed by atoms with Crippen molar-refractivity contribution in [3.63, 3.8) is 0 Å². The van der Waals surface area contributed by atoms with Crippen molar-refractivity contribution in [2.45, 2.75) is 32.0 Å². The molecule has 28 heavy (non-hydrogen) atoms. The number of halogens is 3. The Morgan fingerprint density at radius 3 is 2.75 bits per heavy atom. The van der Waals surface area contributed by atoms with Crippen LogP contribution in [0.15, 0.2) is 36.9 Å². The summed E-state index contributed by atoms with van der Waals surface area (Å²) in [7, 11) is 0. The third-order valence-corrected chi connectivity index (χ3v) is 4.39. The summed E-state index contributed by atoms with van der Waals surface area (Å²) in [6, 6.07) is 4.36. The quantitative estimate of drug-likeness (QED) is 0.766. The molecule has 0 saturated carbocycles. The fourth-order valence-electron chi connectivity index (χ4n) is 3.11. The summed E-state index contributed by atoms with van der Waals surface area (Å²) >= 11 is 0. The number of benzene rings is 1. The van der Waals surface area contributed by atoms with Crippen LogP contribution in [0.2, 0.25) is 0 Å². The average Bonchev–Trinajstić information content (AvgIpc) is 3.05. The molecule has 2 aromatic rings. The minimum absolute atomic E-state index is 0.00523. The van der Waals surface area contributed by atoms with Gasteiger partial charge >= 0.3 is 6.18 Å². The predicted molar refractivity (Wildman–Crippen MR) is 97.1 cm³/mol. The molecule has 0 atom stereocenters. The number of alkyl halides is 3. The molecule has 2 heterocycles. The molecular weight excluding hydrogens is 373 g/mol. The van der Waals surface area contributed by atoms with E-state index < -0.39 is 23.6 Å². The van der Waals surface area contributed by atoms with Crippen molar-refractivity contribution in [2.75, 3.05) is 11.9 Å². The van der Waals surface area contributed by atoms with E-state index >= 15 is 0 Å². The molecule has 0 bridgehead atoms. The molecule has 1 aromatic carbocycles. The SMILES string of the molecule is C=CCNC(=O)c1nc(C(=O)Nc2cccc(C(F)(F)F)c2)n2c1CCCC2. The highest BCUT2D eigenvalue weighted by molar-refractivity contribution is 6.03. The highest BCUT2D eigenvalue weighted by Gasteiger charge is 2.31. The first-order chi connectivity index (χ1) is 13.3. The number of amides is 2. The maximum Gasteiger partial charge on any atom is 0.416 e. The molecule has 2 N–H and O–H groups in total. The van der Waals surface area contributed by atoms with Crippen molar-refractivity contribution in [1.29, 1.82) is 0 Å². The summed E-state index contributed by atoms with van der Waals surface area (Å²) in [6.45, 7) is 4.31. The third-order valence-electron chi connectivity index (χ3n) is 4.39. The molecule has 6 nitrogen and oxygen atoms in total. The molecule has 0 unspecified atom stereocenters. The Kier molecular flexibility index (Phi) is 5.53. The largest absolute Gasteiger partial charge is 0.416 e. The van der Waals surface area contributed by atoms with Crippen LogP contribution in [-0.2, 0) is 19.1 Å². The first-order valence-electron chi connectivity index (χ1n) is 8.78. The van der Waals surface area contributed by atoms with Crippen molar-refractivity contribution < 1.29 is 22.8 Å². The number of imidazole rings is 1. The summed E-state index contributed by atoms with van der Waals surface area (Å²) in [4.78, 5) is 29.2. The maximum atomic E-state index is 12.9. The first-order valence-corrected chi connectivity index (χ1v) is 8.78. The van der Waals surface area contributed by atoms with Crippen molar-refractivity contribution in [1.82, 2.24) is 14.9 Å². The van der Waals surface area contributed by atoms with Crippen molar-refractivity contribution in [3.8, 4) is 0 Å². The second-order valence-electron chi connectivity index (χ2n) is 6.37. The van der Waals surface area contributed by atoms with Crippen LogP contribution >= 0.6 is 0 Å². The number of nitrogens with one attached hydrogen (secondary N) is 2. The van der Waals surface area contributed by atoms with E-state index in [9.17, 15) is 22.8 Å². The van der Waals surface area contributed by atoms with Crippen molar-refractivity contribution in [3.05, 3.63) is 59.7 Å². The fourth-order valence-corrected chi connectivity index (χ4v) is 3.11. The van der Waals surface area contributed by atoms with Gasteiger partial charge in [0.1, 0.15) is 5.69 Å². The Balaban J connectivity index is 1.89. The van der Waals surface area contributed by atoms with E-state index in [4.69, 9.17) is 0 Å². The summed E-state index contributed by atoms with van der Waals surface area (Å²) in [6.07, 6.45) is -0.699. The molecule has 0 aliphatic carbocycles.